The fourth-order valence-corrected chi connectivity index (χ4v) is 5.87. The van der Waals surface area contributed by atoms with Crippen molar-refractivity contribution in [1.29, 1.82) is 0 Å². The summed E-state index contributed by atoms with van der Waals surface area (Å²) in [5, 5.41) is 3.55. The van der Waals surface area contributed by atoms with E-state index in [1.165, 1.54) is 36.6 Å². The lowest BCUT2D eigenvalue weighted by Gasteiger charge is -2.11. The highest BCUT2D eigenvalue weighted by molar-refractivity contribution is 7.99. The third-order valence-electron chi connectivity index (χ3n) is 4.87. The molecule has 9 nitrogen and oxygen atoms in total. The van der Waals surface area contributed by atoms with Gasteiger partial charge in [-0.2, -0.15) is 0 Å². The summed E-state index contributed by atoms with van der Waals surface area (Å²) in [5.74, 6) is 0.213. The maximum Gasteiger partial charge on any atom is 0.262 e. The number of nitrogens with zero attached hydrogens (tertiary/aromatic N) is 2. The van der Waals surface area contributed by atoms with Crippen molar-refractivity contribution in [2.45, 2.75) is 10.1 Å². The van der Waals surface area contributed by atoms with E-state index < -0.39 is 10.0 Å². The zero-order chi connectivity index (χ0) is 24.4. The predicted molar refractivity (Wildman–Crippen MR) is 137 cm³/mol. The lowest BCUT2D eigenvalue weighted by molar-refractivity contribution is -0.113. The molecule has 0 atom stereocenters. The Morgan fingerprint density at radius 3 is 2.69 bits per heavy atom. The number of fused-ring (bicyclic) bond motifs is 2. The average Bonchev–Trinajstić information content (AvgIpc) is 3.45. The molecule has 0 saturated carbocycles. The Balaban J connectivity index is 1.27. The van der Waals surface area contributed by atoms with Crippen LogP contribution in [-0.2, 0) is 14.8 Å². The van der Waals surface area contributed by atoms with Crippen LogP contribution in [0.3, 0.4) is 0 Å². The molecule has 3 aromatic carbocycles. The van der Waals surface area contributed by atoms with Crippen LogP contribution in [0.1, 0.15) is 0 Å². The van der Waals surface area contributed by atoms with Gasteiger partial charge in [-0.05, 0) is 42.5 Å². The van der Waals surface area contributed by atoms with Gasteiger partial charge >= 0.3 is 0 Å². The van der Waals surface area contributed by atoms with Gasteiger partial charge in [-0.1, -0.05) is 47.4 Å². The minimum Gasteiger partial charge on any atom is -0.495 e. The number of sulfonamides is 1. The molecule has 35 heavy (non-hydrogen) atoms. The monoisotopic (exact) mass is 526 g/mol. The number of methoxy groups -OCH3 is 1. The maximum absolute atomic E-state index is 12.9. The van der Waals surface area contributed by atoms with Crippen LogP contribution in [-0.4, -0.2) is 37.2 Å². The number of amides is 1. The molecule has 0 spiro atoms. The quantitative estimate of drug-likeness (QED) is 0.272. The summed E-state index contributed by atoms with van der Waals surface area (Å²) < 4.78 is 40.2. The van der Waals surface area contributed by atoms with Gasteiger partial charge in [0.1, 0.15) is 11.3 Å². The Kier molecular flexibility index (Phi) is 6.32. The number of aromatic nitrogens is 2. The third kappa shape index (κ3) is 5.09. The van der Waals surface area contributed by atoms with Crippen LogP contribution in [0.2, 0.25) is 0 Å². The number of anilines is 2. The molecule has 0 aliphatic heterocycles. The van der Waals surface area contributed by atoms with Crippen molar-refractivity contribution >= 4 is 71.2 Å². The number of carbonyl (C=O) groups is 1. The van der Waals surface area contributed by atoms with Gasteiger partial charge in [-0.3, -0.25) is 9.52 Å². The van der Waals surface area contributed by atoms with Gasteiger partial charge in [-0.15, -0.1) is 0 Å². The van der Waals surface area contributed by atoms with E-state index >= 15 is 0 Å². The molecule has 0 bridgehead atoms. The molecule has 0 aliphatic rings. The molecule has 0 unspecified atom stereocenters. The van der Waals surface area contributed by atoms with Crippen LogP contribution in [0.5, 0.6) is 5.75 Å². The highest BCUT2D eigenvalue weighted by Gasteiger charge is 2.19. The van der Waals surface area contributed by atoms with Crippen LogP contribution in [0.25, 0.3) is 21.3 Å². The van der Waals surface area contributed by atoms with Crippen LogP contribution < -0.4 is 14.8 Å². The zero-order valence-electron chi connectivity index (χ0n) is 18.2. The molecule has 2 aromatic heterocycles. The summed E-state index contributed by atoms with van der Waals surface area (Å²) in [7, 11) is -2.42. The number of para-hydroxylation sites is 3. The molecule has 0 aliphatic carbocycles. The molecule has 178 valence electrons. The van der Waals surface area contributed by atoms with E-state index in [0.29, 0.717) is 27.7 Å². The van der Waals surface area contributed by atoms with Crippen LogP contribution in [0, 0.1) is 0 Å². The molecule has 5 rings (SSSR count). The highest BCUT2D eigenvalue weighted by Crippen LogP contribution is 2.30. The number of nitrogens with one attached hydrogen (secondary N) is 2. The van der Waals surface area contributed by atoms with E-state index in [2.05, 4.69) is 20.0 Å². The smallest absolute Gasteiger partial charge is 0.262 e. The molecule has 12 heteroatoms. The normalized spacial score (nSPS) is 11.6. The second-order valence-electron chi connectivity index (χ2n) is 7.24. The summed E-state index contributed by atoms with van der Waals surface area (Å²) in [5.41, 5.74) is 1.92. The van der Waals surface area contributed by atoms with Gasteiger partial charge in [0.2, 0.25) is 5.91 Å². The number of rotatable bonds is 8. The van der Waals surface area contributed by atoms with Crippen LogP contribution in [0.15, 0.2) is 81.3 Å². The molecule has 1 amide bonds. The number of carbonyl (C=O) groups excluding carboxylic acids is 1. The van der Waals surface area contributed by atoms with Crippen LogP contribution >= 0.6 is 23.1 Å². The molecule has 0 radical (unpaired) electrons. The molecule has 0 fully saturated rings. The Morgan fingerprint density at radius 2 is 1.86 bits per heavy atom. The fraction of sp³-hybridized carbons (Fsp3) is 0.0870. The van der Waals surface area contributed by atoms with Crippen molar-refractivity contribution in [3.05, 3.63) is 66.7 Å². The minimum absolute atomic E-state index is 0.0225. The number of oxazole rings is 1. The number of thiazole rings is 1. The fourth-order valence-electron chi connectivity index (χ4n) is 3.26. The van der Waals surface area contributed by atoms with Crippen molar-refractivity contribution in [2.24, 2.45) is 0 Å². The van der Waals surface area contributed by atoms with E-state index in [1.54, 1.807) is 24.3 Å². The summed E-state index contributed by atoms with van der Waals surface area (Å²) in [6.07, 6.45) is 0. The van der Waals surface area contributed by atoms with Crippen molar-refractivity contribution < 1.29 is 22.4 Å². The molecular formula is C23H18N4O5S3. The number of benzene rings is 3. The summed E-state index contributed by atoms with van der Waals surface area (Å²) in [4.78, 5) is 21.1. The van der Waals surface area contributed by atoms with E-state index in [9.17, 15) is 13.2 Å². The van der Waals surface area contributed by atoms with Gasteiger partial charge in [0.05, 0.1) is 33.7 Å². The molecule has 5 aromatic rings. The SMILES string of the molecule is COc1ccccc1NS(=O)(=O)c1ccc2oc(SCC(=O)Nc3nc4ccccc4s3)nc2c1. The topological polar surface area (TPSA) is 123 Å². The first-order valence-electron chi connectivity index (χ1n) is 10.3. The van der Waals surface area contributed by atoms with Crippen LogP contribution in [0.4, 0.5) is 10.8 Å². The minimum atomic E-state index is -3.89. The number of thioether (sulfide) groups is 1. The zero-order valence-corrected chi connectivity index (χ0v) is 20.7. The van der Waals surface area contributed by atoms with E-state index in [0.717, 1.165) is 22.0 Å². The number of hydrogen-bond acceptors (Lipinski definition) is 9. The maximum atomic E-state index is 12.9. The standard InChI is InChI=1S/C23H18N4O5S3/c1-31-18-8-4-2-6-15(18)27-35(29,30)14-10-11-19-17(12-14)25-23(32-19)33-13-21(28)26-22-24-16-7-3-5-9-20(16)34-22/h2-12,27H,13H2,1H3,(H,24,26,28). The molecule has 2 heterocycles. The molecule has 2 N–H and O–H groups in total. The van der Waals surface area contributed by atoms with E-state index in [-0.39, 0.29) is 21.8 Å². The average molecular weight is 527 g/mol. The second kappa shape index (κ2) is 9.56. The van der Waals surface area contributed by atoms with Gasteiger partial charge < -0.3 is 14.5 Å². The summed E-state index contributed by atoms with van der Waals surface area (Å²) in [6.45, 7) is 0. The first kappa shape index (κ1) is 23.1. The predicted octanol–water partition coefficient (Wildman–Crippen LogP) is 4.98. The first-order chi connectivity index (χ1) is 16.9. The van der Waals surface area contributed by atoms with E-state index in [4.69, 9.17) is 9.15 Å². The Morgan fingerprint density at radius 1 is 1.06 bits per heavy atom. The highest BCUT2D eigenvalue weighted by atomic mass is 32.2. The lowest BCUT2D eigenvalue weighted by Crippen LogP contribution is -2.13. The largest absolute Gasteiger partial charge is 0.495 e. The Hall–Kier alpha value is -3.61. The molecule has 0 saturated heterocycles. The van der Waals surface area contributed by atoms with Crippen molar-refractivity contribution in [1.82, 2.24) is 9.97 Å². The molecular weight excluding hydrogens is 508 g/mol. The Labute approximate surface area is 208 Å². The van der Waals surface area contributed by atoms with E-state index in [1.807, 2.05) is 24.3 Å². The Bertz CT molecular complexity index is 1610. The lowest BCUT2D eigenvalue weighted by atomic mass is 10.3. The van der Waals surface area contributed by atoms with Gasteiger partial charge in [0.15, 0.2) is 10.7 Å². The van der Waals surface area contributed by atoms with Gasteiger partial charge in [-0.25, -0.2) is 18.4 Å². The summed E-state index contributed by atoms with van der Waals surface area (Å²) >= 11 is 2.50. The van der Waals surface area contributed by atoms with Crippen molar-refractivity contribution in [2.75, 3.05) is 22.9 Å². The third-order valence-corrected chi connectivity index (χ3v) is 8.01. The van der Waals surface area contributed by atoms with Gasteiger partial charge in [0.25, 0.3) is 15.2 Å². The number of hydrogen-bond donors (Lipinski definition) is 2. The van der Waals surface area contributed by atoms with Crippen molar-refractivity contribution in [3.8, 4) is 5.75 Å². The summed E-state index contributed by atoms with van der Waals surface area (Å²) in [6, 6.07) is 18.7. The van der Waals surface area contributed by atoms with Gasteiger partial charge in [0, 0.05) is 0 Å². The number of ether oxygens (including phenoxy) is 1. The van der Waals surface area contributed by atoms with Crippen molar-refractivity contribution in [3.63, 3.8) is 0 Å². The first-order valence-corrected chi connectivity index (χ1v) is 13.5. The second-order valence-corrected chi connectivity index (χ2v) is 10.9.